The smallest absolute Gasteiger partial charge is 0.0408 e. The molecule has 0 radical (unpaired) electrons. The predicted octanol–water partition coefficient (Wildman–Crippen LogP) is 5.70. The van der Waals surface area contributed by atoms with E-state index < -0.39 is 0 Å². The lowest BCUT2D eigenvalue weighted by molar-refractivity contribution is 0.720. The number of aryl methyl sites for hydroxylation is 2. The second-order valence-corrected chi connectivity index (χ2v) is 6.20. The molecule has 96 valence electrons. The van der Waals surface area contributed by atoms with Gasteiger partial charge in [0.25, 0.3) is 0 Å². The minimum absolute atomic E-state index is 0.612. The largest absolute Gasteiger partial charge is 0.149 e. The Kier molecular flexibility index (Phi) is 4.85. The van der Waals surface area contributed by atoms with Gasteiger partial charge in [-0.25, -0.2) is 0 Å². The average molecular weight is 279 g/mol. The van der Waals surface area contributed by atoms with Gasteiger partial charge in [0.2, 0.25) is 0 Å². The van der Waals surface area contributed by atoms with Crippen LogP contribution in [0.4, 0.5) is 0 Å². The normalized spacial score (nSPS) is 12.6. The van der Waals surface area contributed by atoms with Crippen LogP contribution in [-0.4, -0.2) is 0 Å². The van der Waals surface area contributed by atoms with E-state index in [9.17, 15) is 0 Å². The minimum Gasteiger partial charge on any atom is -0.149 e. The molecule has 0 fully saturated rings. The predicted molar refractivity (Wildman–Crippen MR) is 81.9 cm³/mol. The molecule has 1 unspecified atom stereocenters. The zero-order valence-corrected chi connectivity index (χ0v) is 12.5. The highest BCUT2D eigenvalue weighted by atomic mass is 35.5. The molecule has 0 spiro atoms. The van der Waals surface area contributed by atoms with Crippen molar-refractivity contribution in [3.63, 3.8) is 0 Å². The SMILES string of the molecule is CCC(C)c1ccc(Cl)cc1CCc1cccs1. The highest BCUT2D eigenvalue weighted by Crippen LogP contribution is 2.27. The Labute approximate surface area is 119 Å². The quantitative estimate of drug-likeness (QED) is 0.658. The number of rotatable bonds is 5. The first-order valence-electron chi connectivity index (χ1n) is 6.51. The fourth-order valence-electron chi connectivity index (χ4n) is 2.20. The summed E-state index contributed by atoms with van der Waals surface area (Å²) in [6, 6.07) is 10.7. The zero-order chi connectivity index (χ0) is 13.0. The first kappa shape index (κ1) is 13.6. The van der Waals surface area contributed by atoms with Crippen LogP contribution < -0.4 is 0 Å². The van der Waals surface area contributed by atoms with Crippen LogP contribution in [0.1, 0.15) is 42.2 Å². The van der Waals surface area contributed by atoms with Crippen molar-refractivity contribution >= 4 is 22.9 Å². The third-order valence-corrected chi connectivity index (χ3v) is 4.64. The van der Waals surface area contributed by atoms with Gasteiger partial charge in [0.15, 0.2) is 0 Å². The number of benzene rings is 1. The lowest BCUT2D eigenvalue weighted by atomic mass is 9.91. The van der Waals surface area contributed by atoms with E-state index in [1.54, 1.807) is 0 Å². The molecule has 0 aliphatic carbocycles. The molecule has 18 heavy (non-hydrogen) atoms. The van der Waals surface area contributed by atoms with Crippen molar-refractivity contribution in [2.45, 2.75) is 39.0 Å². The fraction of sp³-hybridized carbons (Fsp3) is 0.375. The highest BCUT2D eigenvalue weighted by Gasteiger charge is 2.10. The Morgan fingerprint density at radius 1 is 1.22 bits per heavy atom. The molecule has 2 aromatic rings. The van der Waals surface area contributed by atoms with E-state index in [0.29, 0.717) is 5.92 Å². The molecular formula is C16H19ClS. The summed E-state index contributed by atoms with van der Waals surface area (Å²) in [4.78, 5) is 1.45. The van der Waals surface area contributed by atoms with Crippen molar-refractivity contribution in [3.8, 4) is 0 Å². The van der Waals surface area contributed by atoms with Gasteiger partial charge in [-0.05, 0) is 59.9 Å². The van der Waals surface area contributed by atoms with Crippen LogP contribution in [0.3, 0.4) is 0 Å². The first-order valence-corrected chi connectivity index (χ1v) is 7.77. The highest BCUT2D eigenvalue weighted by molar-refractivity contribution is 7.09. The number of hydrogen-bond acceptors (Lipinski definition) is 1. The van der Waals surface area contributed by atoms with Gasteiger partial charge in [0.05, 0.1) is 0 Å². The number of hydrogen-bond donors (Lipinski definition) is 0. The molecule has 0 aliphatic rings. The van der Waals surface area contributed by atoms with Crippen molar-refractivity contribution in [1.82, 2.24) is 0 Å². The molecule has 0 bridgehead atoms. The Hall–Kier alpha value is -0.790. The van der Waals surface area contributed by atoms with Crippen LogP contribution in [0.2, 0.25) is 5.02 Å². The molecule has 2 rings (SSSR count). The van der Waals surface area contributed by atoms with E-state index in [4.69, 9.17) is 11.6 Å². The van der Waals surface area contributed by atoms with Crippen molar-refractivity contribution in [1.29, 1.82) is 0 Å². The van der Waals surface area contributed by atoms with E-state index in [1.807, 2.05) is 17.4 Å². The Bertz CT molecular complexity index is 488. The van der Waals surface area contributed by atoms with Gasteiger partial charge in [-0.3, -0.25) is 0 Å². The third kappa shape index (κ3) is 3.37. The van der Waals surface area contributed by atoms with E-state index in [1.165, 1.54) is 22.4 Å². The van der Waals surface area contributed by atoms with E-state index in [0.717, 1.165) is 17.9 Å². The van der Waals surface area contributed by atoms with Crippen LogP contribution in [-0.2, 0) is 12.8 Å². The first-order chi connectivity index (χ1) is 8.70. The molecule has 0 saturated heterocycles. The minimum atomic E-state index is 0.612. The molecular weight excluding hydrogens is 260 g/mol. The molecule has 1 aromatic heterocycles. The van der Waals surface area contributed by atoms with Gasteiger partial charge < -0.3 is 0 Å². The lowest BCUT2D eigenvalue weighted by Crippen LogP contribution is -2.00. The van der Waals surface area contributed by atoms with Gasteiger partial charge in [-0.1, -0.05) is 37.6 Å². The average Bonchev–Trinajstić information content (AvgIpc) is 2.88. The lowest BCUT2D eigenvalue weighted by Gasteiger charge is -2.15. The molecule has 0 aliphatic heterocycles. The summed E-state index contributed by atoms with van der Waals surface area (Å²) in [5.74, 6) is 0.612. The van der Waals surface area contributed by atoms with Crippen molar-refractivity contribution in [3.05, 3.63) is 56.7 Å². The standard InChI is InChI=1S/C16H19ClS/c1-3-12(2)16-9-7-14(17)11-13(16)6-8-15-5-4-10-18-15/h4-5,7,9-12H,3,6,8H2,1-2H3. The van der Waals surface area contributed by atoms with Crippen LogP contribution in [0, 0.1) is 0 Å². The molecule has 0 N–H and O–H groups in total. The van der Waals surface area contributed by atoms with Crippen molar-refractivity contribution in [2.24, 2.45) is 0 Å². The summed E-state index contributed by atoms with van der Waals surface area (Å²) in [6.07, 6.45) is 3.37. The van der Waals surface area contributed by atoms with Crippen molar-refractivity contribution < 1.29 is 0 Å². The summed E-state index contributed by atoms with van der Waals surface area (Å²) in [5.41, 5.74) is 2.86. The maximum absolute atomic E-state index is 6.13. The third-order valence-electron chi connectivity index (χ3n) is 3.47. The second-order valence-electron chi connectivity index (χ2n) is 4.73. The van der Waals surface area contributed by atoms with Gasteiger partial charge in [0, 0.05) is 9.90 Å². The number of halogens is 1. The Balaban J connectivity index is 2.17. The maximum atomic E-state index is 6.13. The summed E-state index contributed by atoms with van der Waals surface area (Å²) in [6.45, 7) is 4.53. The zero-order valence-electron chi connectivity index (χ0n) is 10.9. The van der Waals surface area contributed by atoms with E-state index in [2.05, 4.69) is 43.5 Å². The fourth-order valence-corrected chi connectivity index (χ4v) is 3.11. The van der Waals surface area contributed by atoms with Gasteiger partial charge in [-0.2, -0.15) is 0 Å². The van der Waals surface area contributed by atoms with Crippen LogP contribution in [0.5, 0.6) is 0 Å². The summed E-state index contributed by atoms with van der Waals surface area (Å²) in [5, 5.41) is 2.99. The topological polar surface area (TPSA) is 0 Å². The Morgan fingerprint density at radius 2 is 2.06 bits per heavy atom. The van der Waals surface area contributed by atoms with Crippen LogP contribution in [0.15, 0.2) is 35.7 Å². The van der Waals surface area contributed by atoms with E-state index >= 15 is 0 Å². The monoisotopic (exact) mass is 278 g/mol. The Morgan fingerprint density at radius 3 is 2.72 bits per heavy atom. The van der Waals surface area contributed by atoms with E-state index in [-0.39, 0.29) is 0 Å². The summed E-state index contributed by atoms with van der Waals surface area (Å²) >= 11 is 7.96. The molecule has 2 heteroatoms. The van der Waals surface area contributed by atoms with Crippen LogP contribution >= 0.6 is 22.9 Å². The summed E-state index contributed by atoms with van der Waals surface area (Å²) < 4.78 is 0. The van der Waals surface area contributed by atoms with Crippen molar-refractivity contribution in [2.75, 3.05) is 0 Å². The molecule has 0 amide bonds. The molecule has 1 heterocycles. The van der Waals surface area contributed by atoms with Gasteiger partial charge in [-0.15, -0.1) is 11.3 Å². The molecule has 0 nitrogen and oxygen atoms in total. The molecule has 0 saturated carbocycles. The van der Waals surface area contributed by atoms with Gasteiger partial charge in [0.1, 0.15) is 0 Å². The summed E-state index contributed by atoms with van der Waals surface area (Å²) in [7, 11) is 0. The molecule has 1 aromatic carbocycles. The maximum Gasteiger partial charge on any atom is 0.0408 e. The molecule has 1 atom stereocenters. The van der Waals surface area contributed by atoms with Gasteiger partial charge >= 0.3 is 0 Å². The number of thiophene rings is 1. The van der Waals surface area contributed by atoms with Crippen LogP contribution in [0.25, 0.3) is 0 Å². The second kappa shape index (κ2) is 6.40.